The van der Waals surface area contributed by atoms with Crippen LogP contribution in [-0.2, 0) is 4.74 Å². The molecule has 1 saturated heterocycles. The molecule has 2 rings (SSSR count). The van der Waals surface area contributed by atoms with E-state index in [2.05, 4.69) is 24.1 Å². The second-order valence-electron chi connectivity index (χ2n) is 5.88. The van der Waals surface area contributed by atoms with Crippen molar-refractivity contribution in [3.05, 3.63) is 0 Å². The molecule has 0 aromatic carbocycles. The molecule has 1 saturated carbocycles. The van der Waals surface area contributed by atoms with Crippen molar-refractivity contribution in [3.8, 4) is 0 Å². The zero-order valence-corrected chi connectivity index (χ0v) is 11.5. The Kier molecular flexibility index (Phi) is 5.26. The average molecular weight is 240 g/mol. The Labute approximate surface area is 106 Å². The smallest absolute Gasteiger partial charge is 0.0730 e. The number of nitrogens with zero attached hydrogens (tertiary/aromatic N) is 1. The van der Waals surface area contributed by atoms with Gasteiger partial charge in [0, 0.05) is 25.7 Å². The van der Waals surface area contributed by atoms with Crippen molar-refractivity contribution < 1.29 is 4.74 Å². The molecule has 2 unspecified atom stereocenters. The first kappa shape index (κ1) is 13.3. The first-order valence-electron chi connectivity index (χ1n) is 7.33. The minimum absolute atomic E-state index is 0.541. The molecule has 3 nitrogen and oxygen atoms in total. The maximum Gasteiger partial charge on any atom is 0.0730 e. The van der Waals surface area contributed by atoms with Gasteiger partial charge in [-0.15, -0.1) is 0 Å². The molecule has 1 aliphatic carbocycles. The highest BCUT2D eigenvalue weighted by atomic mass is 16.5. The summed E-state index contributed by atoms with van der Waals surface area (Å²) in [6.45, 7) is 10.1. The number of nitrogens with one attached hydrogen (secondary N) is 1. The lowest BCUT2D eigenvalue weighted by Crippen LogP contribution is -2.50. The standard InChI is InChI=1S/C14H28N2O/c1-12(2)6-7-15-8-9-16-10-11-17-14-5-3-4-13(14)16/h12-15H,3-11H2,1-2H3. The highest BCUT2D eigenvalue weighted by molar-refractivity contribution is 4.89. The summed E-state index contributed by atoms with van der Waals surface area (Å²) in [5, 5.41) is 3.56. The van der Waals surface area contributed by atoms with Crippen molar-refractivity contribution in [2.24, 2.45) is 5.92 Å². The Morgan fingerprint density at radius 1 is 1.29 bits per heavy atom. The van der Waals surface area contributed by atoms with Crippen LogP contribution in [0.5, 0.6) is 0 Å². The van der Waals surface area contributed by atoms with Gasteiger partial charge in [-0.3, -0.25) is 4.90 Å². The zero-order chi connectivity index (χ0) is 12.1. The quantitative estimate of drug-likeness (QED) is 0.717. The van der Waals surface area contributed by atoms with E-state index >= 15 is 0 Å². The summed E-state index contributed by atoms with van der Waals surface area (Å²) in [6, 6.07) is 0.718. The van der Waals surface area contributed by atoms with Crippen LogP contribution in [0.2, 0.25) is 0 Å². The summed E-state index contributed by atoms with van der Waals surface area (Å²) in [5.74, 6) is 0.810. The molecule has 100 valence electrons. The van der Waals surface area contributed by atoms with Gasteiger partial charge in [0.2, 0.25) is 0 Å². The lowest BCUT2D eigenvalue weighted by molar-refractivity contribution is -0.0548. The van der Waals surface area contributed by atoms with Crippen molar-refractivity contribution in [2.45, 2.75) is 51.7 Å². The van der Waals surface area contributed by atoms with Crippen LogP contribution >= 0.6 is 0 Å². The number of ether oxygens (including phenoxy) is 1. The van der Waals surface area contributed by atoms with Crippen molar-refractivity contribution in [2.75, 3.05) is 32.8 Å². The van der Waals surface area contributed by atoms with Gasteiger partial charge in [-0.1, -0.05) is 13.8 Å². The predicted molar refractivity (Wildman–Crippen MR) is 71.3 cm³/mol. The zero-order valence-electron chi connectivity index (χ0n) is 11.5. The molecule has 0 amide bonds. The van der Waals surface area contributed by atoms with Gasteiger partial charge in [0.25, 0.3) is 0 Å². The number of rotatable bonds is 6. The largest absolute Gasteiger partial charge is 0.375 e. The van der Waals surface area contributed by atoms with Crippen LogP contribution in [0.15, 0.2) is 0 Å². The van der Waals surface area contributed by atoms with Crippen molar-refractivity contribution in [1.29, 1.82) is 0 Å². The molecule has 3 heteroatoms. The Bertz CT molecular complexity index is 220. The van der Waals surface area contributed by atoms with E-state index < -0.39 is 0 Å². The first-order valence-corrected chi connectivity index (χ1v) is 7.33. The fourth-order valence-electron chi connectivity index (χ4n) is 3.02. The third-order valence-electron chi connectivity index (χ3n) is 4.07. The normalized spacial score (nSPS) is 29.8. The molecule has 0 radical (unpaired) electrons. The summed E-state index contributed by atoms with van der Waals surface area (Å²) >= 11 is 0. The molecule has 0 aromatic heterocycles. The Morgan fingerprint density at radius 3 is 3.00 bits per heavy atom. The third kappa shape index (κ3) is 3.94. The predicted octanol–water partition coefficient (Wildman–Crippen LogP) is 1.88. The molecule has 1 heterocycles. The van der Waals surface area contributed by atoms with Crippen LogP contribution in [-0.4, -0.2) is 49.8 Å². The summed E-state index contributed by atoms with van der Waals surface area (Å²) in [6.07, 6.45) is 5.81. The summed E-state index contributed by atoms with van der Waals surface area (Å²) in [4.78, 5) is 2.64. The van der Waals surface area contributed by atoms with Gasteiger partial charge >= 0.3 is 0 Å². The second-order valence-corrected chi connectivity index (χ2v) is 5.88. The van der Waals surface area contributed by atoms with E-state index in [0.717, 1.165) is 38.2 Å². The maximum atomic E-state index is 5.83. The highest BCUT2D eigenvalue weighted by Gasteiger charge is 2.35. The summed E-state index contributed by atoms with van der Waals surface area (Å²) in [5.41, 5.74) is 0. The van der Waals surface area contributed by atoms with E-state index in [1.54, 1.807) is 0 Å². The van der Waals surface area contributed by atoms with Crippen LogP contribution in [0.4, 0.5) is 0 Å². The Morgan fingerprint density at radius 2 is 2.18 bits per heavy atom. The molecule has 17 heavy (non-hydrogen) atoms. The molecule has 1 N–H and O–H groups in total. The molecule has 0 bridgehead atoms. The van der Waals surface area contributed by atoms with Gasteiger partial charge in [0.1, 0.15) is 0 Å². The molecule has 0 spiro atoms. The van der Waals surface area contributed by atoms with E-state index in [9.17, 15) is 0 Å². The second kappa shape index (κ2) is 6.72. The third-order valence-corrected chi connectivity index (χ3v) is 4.07. The van der Waals surface area contributed by atoms with Gasteiger partial charge in [-0.05, 0) is 38.1 Å². The lowest BCUT2D eigenvalue weighted by Gasteiger charge is -2.37. The van der Waals surface area contributed by atoms with Gasteiger partial charge in [0.05, 0.1) is 12.7 Å². The minimum Gasteiger partial charge on any atom is -0.375 e. The number of hydrogen-bond acceptors (Lipinski definition) is 3. The van der Waals surface area contributed by atoms with Crippen LogP contribution in [0, 0.1) is 5.92 Å². The maximum absolute atomic E-state index is 5.83. The van der Waals surface area contributed by atoms with E-state index in [0.29, 0.717) is 6.10 Å². The van der Waals surface area contributed by atoms with Gasteiger partial charge in [0.15, 0.2) is 0 Å². The summed E-state index contributed by atoms with van der Waals surface area (Å²) < 4.78 is 5.83. The monoisotopic (exact) mass is 240 g/mol. The van der Waals surface area contributed by atoms with Crippen LogP contribution in [0.1, 0.15) is 39.5 Å². The van der Waals surface area contributed by atoms with Crippen LogP contribution in [0.3, 0.4) is 0 Å². The Hall–Kier alpha value is -0.120. The fourth-order valence-corrected chi connectivity index (χ4v) is 3.02. The van der Waals surface area contributed by atoms with E-state index in [1.807, 2.05) is 0 Å². The van der Waals surface area contributed by atoms with Gasteiger partial charge < -0.3 is 10.1 Å². The SMILES string of the molecule is CC(C)CCNCCN1CCOC2CCCC21. The average Bonchev–Trinajstić information content (AvgIpc) is 2.77. The lowest BCUT2D eigenvalue weighted by atomic mass is 10.1. The van der Waals surface area contributed by atoms with Crippen LogP contribution in [0.25, 0.3) is 0 Å². The minimum atomic E-state index is 0.541. The molecule has 1 aliphatic heterocycles. The van der Waals surface area contributed by atoms with E-state index in [-0.39, 0.29) is 0 Å². The highest BCUT2D eigenvalue weighted by Crippen LogP contribution is 2.29. The fraction of sp³-hybridized carbons (Fsp3) is 1.00. The number of morpholine rings is 1. The summed E-state index contributed by atoms with van der Waals surface area (Å²) in [7, 11) is 0. The van der Waals surface area contributed by atoms with Gasteiger partial charge in [-0.2, -0.15) is 0 Å². The topological polar surface area (TPSA) is 24.5 Å². The first-order chi connectivity index (χ1) is 8.27. The molecule has 2 aliphatic rings. The van der Waals surface area contributed by atoms with Crippen molar-refractivity contribution >= 4 is 0 Å². The Balaban J connectivity index is 1.61. The molecule has 0 aromatic rings. The van der Waals surface area contributed by atoms with Gasteiger partial charge in [-0.25, -0.2) is 0 Å². The number of fused-ring (bicyclic) bond motifs is 1. The molecule has 2 atom stereocenters. The van der Waals surface area contributed by atoms with Crippen molar-refractivity contribution in [1.82, 2.24) is 10.2 Å². The van der Waals surface area contributed by atoms with Crippen molar-refractivity contribution in [3.63, 3.8) is 0 Å². The van der Waals surface area contributed by atoms with Crippen LogP contribution < -0.4 is 5.32 Å². The molecular formula is C14H28N2O. The molecule has 2 fully saturated rings. The molecular weight excluding hydrogens is 212 g/mol. The number of hydrogen-bond donors (Lipinski definition) is 1. The van der Waals surface area contributed by atoms with E-state index in [1.165, 1.54) is 32.2 Å². The van der Waals surface area contributed by atoms with E-state index in [4.69, 9.17) is 4.74 Å².